The summed E-state index contributed by atoms with van der Waals surface area (Å²) in [7, 11) is 0. The van der Waals surface area contributed by atoms with Gasteiger partial charge in [-0.25, -0.2) is 9.59 Å². The fourth-order valence-corrected chi connectivity index (χ4v) is 1.01. The van der Waals surface area contributed by atoms with Crippen LogP contribution in [0.1, 0.15) is 16.1 Å². The van der Waals surface area contributed by atoms with Gasteiger partial charge in [0.25, 0.3) is 0 Å². The number of hydrogen-bond donors (Lipinski definition) is 2. The Morgan fingerprint density at radius 2 is 2.38 bits per heavy atom. The van der Waals surface area contributed by atoms with Gasteiger partial charge < -0.3 is 19.6 Å². The third kappa shape index (κ3) is 3.16. The smallest absolute Gasteiger partial charge is 0.407 e. The lowest BCUT2D eigenvalue weighted by molar-refractivity contribution is 0.0693. The molecule has 0 radical (unpaired) electrons. The Hall–Kier alpha value is -2.24. The number of carbonyl (C=O) groups is 2. The molecule has 1 aromatic heterocycles. The molecule has 0 aliphatic heterocycles. The zero-order valence-corrected chi connectivity index (χ0v) is 8.43. The van der Waals surface area contributed by atoms with E-state index in [0.717, 1.165) is 0 Å². The van der Waals surface area contributed by atoms with Crippen molar-refractivity contribution < 1.29 is 23.8 Å². The summed E-state index contributed by atoms with van der Waals surface area (Å²) in [6.07, 6.45) is 2.01. The van der Waals surface area contributed by atoms with Crippen molar-refractivity contribution >= 4 is 12.1 Å². The number of carboxylic acid groups (broad SMARTS) is 1. The topological polar surface area (TPSA) is 88.8 Å². The van der Waals surface area contributed by atoms with E-state index in [1.54, 1.807) is 0 Å². The molecule has 0 aliphatic carbocycles. The van der Waals surface area contributed by atoms with Crippen molar-refractivity contribution in [3.05, 3.63) is 36.3 Å². The zero-order chi connectivity index (χ0) is 12.0. The van der Waals surface area contributed by atoms with Gasteiger partial charge in [-0.15, -0.1) is 0 Å². The van der Waals surface area contributed by atoms with Gasteiger partial charge in [-0.2, -0.15) is 0 Å². The second-order valence-corrected chi connectivity index (χ2v) is 2.80. The molecule has 86 valence electrons. The van der Waals surface area contributed by atoms with Crippen LogP contribution in [0.25, 0.3) is 0 Å². The molecule has 0 saturated heterocycles. The molecule has 0 aliphatic rings. The van der Waals surface area contributed by atoms with Crippen molar-refractivity contribution in [3.63, 3.8) is 0 Å². The first-order valence-corrected chi connectivity index (χ1v) is 4.46. The molecule has 1 rings (SSSR count). The van der Waals surface area contributed by atoms with E-state index in [4.69, 9.17) is 9.52 Å². The lowest BCUT2D eigenvalue weighted by Gasteiger charge is -2.03. The van der Waals surface area contributed by atoms with Crippen LogP contribution in [0.2, 0.25) is 0 Å². The van der Waals surface area contributed by atoms with Crippen molar-refractivity contribution in [1.29, 1.82) is 0 Å². The third-order valence-corrected chi connectivity index (χ3v) is 1.70. The number of alkyl carbamates (subject to hydrolysis) is 1. The molecule has 6 heteroatoms. The number of aromatic carboxylic acids is 1. The minimum atomic E-state index is -1.11. The summed E-state index contributed by atoms with van der Waals surface area (Å²) in [5.41, 5.74) is 0.0176. The van der Waals surface area contributed by atoms with Crippen molar-refractivity contribution in [2.45, 2.75) is 6.54 Å². The number of hydrogen-bond acceptors (Lipinski definition) is 4. The number of nitrogens with one attached hydrogen (secondary N) is 1. The average Bonchev–Trinajstić information content (AvgIpc) is 2.71. The molecule has 0 bridgehead atoms. The van der Waals surface area contributed by atoms with E-state index >= 15 is 0 Å². The highest BCUT2D eigenvalue weighted by molar-refractivity contribution is 5.88. The second-order valence-electron chi connectivity index (χ2n) is 2.80. The summed E-state index contributed by atoms with van der Waals surface area (Å²) in [6.45, 7) is 3.43. The fourth-order valence-electron chi connectivity index (χ4n) is 1.01. The Morgan fingerprint density at radius 1 is 1.62 bits per heavy atom. The molecule has 0 fully saturated rings. The van der Waals surface area contributed by atoms with Crippen molar-refractivity contribution in [3.8, 4) is 0 Å². The molecule has 0 spiro atoms. The molecule has 1 aromatic rings. The van der Waals surface area contributed by atoms with Gasteiger partial charge in [-0.3, -0.25) is 0 Å². The molecule has 0 atom stereocenters. The van der Waals surface area contributed by atoms with Gasteiger partial charge in [-0.1, -0.05) is 12.7 Å². The predicted octanol–water partition coefficient (Wildman–Crippen LogP) is 1.39. The third-order valence-electron chi connectivity index (χ3n) is 1.70. The lowest BCUT2D eigenvalue weighted by atomic mass is 10.2. The lowest BCUT2D eigenvalue weighted by Crippen LogP contribution is -2.24. The van der Waals surface area contributed by atoms with Gasteiger partial charge in [-0.05, 0) is 6.07 Å². The molecular weight excluding hydrogens is 214 g/mol. The van der Waals surface area contributed by atoms with Crippen LogP contribution in [0.5, 0.6) is 0 Å². The molecule has 1 amide bonds. The van der Waals surface area contributed by atoms with Crippen molar-refractivity contribution in [2.24, 2.45) is 0 Å². The van der Waals surface area contributed by atoms with Gasteiger partial charge in [0, 0.05) is 0 Å². The molecule has 0 saturated carbocycles. The number of amides is 1. The largest absolute Gasteiger partial charge is 0.478 e. The summed E-state index contributed by atoms with van der Waals surface area (Å²) >= 11 is 0. The highest BCUT2D eigenvalue weighted by atomic mass is 16.5. The first-order valence-electron chi connectivity index (χ1n) is 4.46. The van der Waals surface area contributed by atoms with Crippen LogP contribution < -0.4 is 5.32 Å². The maximum absolute atomic E-state index is 11.0. The van der Waals surface area contributed by atoms with Gasteiger partial charge >= 0.3 is 12.1 Å². The minimum absolute atomic E-state index is 0.0176. The van der Waals surface area contributed by atoms with E-state index in [0.29, 0.717) is 0 Å². The van der Waals surface area contributed by atoms with E-state index in [9.17, 15) is 9.59 Å². The molecule has 16 heavy (non-hydrogen) atoms. The minimum Gasteiger partial charge on any atom is -0.478 e. The molecule has 1 heterocycles. The van der Waals surface area contributed by atoms with E-state index in [1.165, 1.54) is 18.4 Å². The Bertz CT molecular complexity index is 396. The van der Waals surface area contributed by atoms with E-state index < -0.39 is 12.1 Å². The zero-order valence-electron chi connectivity index (χ0n) is 8.43. The SMILES string of the molecule is C=CCOC(=O)NCc1occc1C(=O)O. The number of carboxylic acids is 1. The number of rotatable bonds is 5. The Labute approximate surface area is 91.5 Å². The number of ether oxygens (including phenoxy) is 1. The van der Waals surface area contributed by atoms with Crippen LogP contribution in [0.3, 0.4) is 0 Å². The Balaban J connectivity index is 2.48. The molecule has 0 aromatic carbocycles. The Kier molecular flexibility index (Phi) is 4.14. The van der Waals surface area contributed by atoms with E-state index in [-0.39, 0.29) is 24.5 Å². The van der Waals surface area contributed by atoms with Crippen molar-refractivity contribution in [1.82, 2.24) is 5.32 Å². The van der Waals surface area contributed by atoms with Gasteiger partial charge in [0.2, 0.25) is 0 Å². The summed E-state index contributed by atoms with van der Waals surface area (Å²) in [6, 6.07) is 1.31. The normalized spacial score (nSPS) is 9.50. The fraction of sp³-hybridized carbons (Fsp3) is 0.200. The first kappa shape index (κ1) is 11.8. The summed E-state index contributed by atoms with van der Waals surface area (Å²) in [5, 5.41) is 11.1. The van der Waals surface area contributed by atoms with Crippen LogP contribution in [-0.2, 0) is 11.3 Å². The standard InChI is InChI=1S/C10H11NO5/c1-2-4-16-10(14)11-6-8-7(9(12)13)3-5-15-8/h2-3,5H,1,4,6H2,(H,11,14)(H,12,13). The number of furan rings is 1. The van der Waals surface area contributed by atoms with Crippen LogP contribution in [-0.4, -0.2) is 23.8 Å². The van der Waals surface area contributed by atoms with Gasteiger partial charge in [0.1, 0.15) is 17.9 Å². The van der Waals surface area contributed by atoms with Crippen LogP contribution in [0, 0.1) is 0 Å². The molecule has 6 nitrogen and oxygen atoms in total. The first-order chi connectivity index (χ1) is 7.65. The summed E-state index contributed by atoms with van der Waals surface area (Å²) in [5.74, 6) is -0.937. The predicted molar refractivity (Wildman–Crippen MR) is 54.1 cm³/mol. The second kappa shape index (κ2) is 5.59. The van der Waals surface area contributed by atoms with Crippen molar-refractivity contribution in [2.75, 3.05) is 6.61 Å². The highest BCUT2D eigenvalue weighted by Gasteiger charge is 2.13. The summed E-state index contributed by atoms with van der Waals surface area (Å²) in [4.78, 5) is 21.7. The molecule has 2 N–H and O–H groups in total. The van der Waals surface area contributed by atoms with Crippen LogP contribution in [0.4, 0.5) is 4.79 Å². The molecular formula is C10H11NO5. The van der Waals surface area contributed by atoms with Gasteiger partial charge in [0.15, 0.2) is 0 Å². The maximum Gasteiger partial charge on any atom is 0.407 e. The van der Waals surface area contributed by atoms with E-state index in [1.807, 2.05) is 0 Å². The van der Waals surface area contributed by atoms with E-state index in [2.05, 4.69) is 16.6 Å². The van der Waals surface area contributed by atoms with Crippen LogP contribution >= 0.6 is 0 Å². The van der Waals surface area contributed by atoms with Crippen LogP contribution in [0.15, 0.2) is 29.4 Å². The quantitative estimate of drug-likeness (QED) is 0.739. The highest BCUT2D eigenvalue weighted by Crippen LogP contribution is 2.09. The Morgan fingerprint density at radius 3 is 3.00 bits per heavy atom. The van der Waals surface area contributed by atoms with Gasteiger partial charge in [0.05, 0.1) is 12.8 Å². The number of carbonyl (C=O) groups excluding carboxylic acids is 1. The average molecular weight is 225 g/mol. The monoisotopic (exact) mass is 225 g/mol. The molecule has 0 unspecified atom stereocenters. The summed E-state index contributed by atoms with van der Waals surface area (Å²) < 4.78 is 9.54. The maximum atomic E-state index is 11.0.